The smallest absolute Gasteiger partial charge is 0.308 e. The number of amides is 2. The summed E-state index contributed by atoms with van der Waals surface area (Å²) < 4.78 is 0. The number of likely N-dealkylation sites (tertiary alicyclic amines) is 2. The van der Waals surface area contributed by atoms with Crippen molar-refractivity contribution >= 4 is 17.8 Å². The normalized spacial score (nSPS) is 23.8. The van der Waals surface area contributed by atoms with Crippen LogP contribution in [-0.4, -0.2) is 52.3 Å². The third-order valence-electron chi connectivity index (χ3n) is 4.91. The minimum Gasteiger partial charge on any atom is -0.481 e. The average Bonchev–Trinajstić information content (AvgIpc) is 3.17. The van der Waals surface area contributed by atoms with Crippen molar-refractivity contribution in [2.24, 2.45) is 11.8 Å². The van der Waals surface area contributed by atoms with E-state index in [4.69, 9.17) is 5.11 Å². The van der Waals surface area contributed by atoms with E-state index < -0.39 is 11.9 Å². The minimum atomic E-state index is -0.853. The van der Waals surface area contributed by atoms with Crippen molar-refractivity contribution in [3.63, 3.8) is 0 Å². The second kappa shape index (κ2) is 6.63. The first-order valence-electron chi connectivity index (χ1n) is 8.29. The molecule has 2 heterocycles. The molecule has 6 nitrogen and oxygen atoms in total. The molecule has 0 radical (unpaired) electrons. The third kappa shape index (κ3) is 3.42. The van der Waals surface area contributed by atoms with Crippen LogP contribution in [0.5, 0.6) is 0 Å². The van der Waals surface area contributed by atoms with E-state index in [9.17, 15) is 14.4 Å². The molecule has 2 aliphatic rings. The lowest BCUT2D eigenvalue weighted by atomic mass is 10.1. The summed E-state index contributed by atoms with van der Waals surface area (Å²) in [5.41, 5.74) is 2.22. The van der Waals surface area contributed by atoms with Gasteiger partial charge in [-0.05, 0) is 18.9 Å². The standard InChI is InChI=1S/C18H22N2O4/c1-12-2-4-13(5-3-12)9-20-11-15(8-16(20)21)17(22)19-7-6-14(10-19)18(23)24/h2-5,14-15H,6-11H2,1H3,(H,23,24). The van der Waals surface area contributed by atoms with E-state index in [1.165, 1.54) is 5.56 Å². The van der Waals surface area contributed by atoms with Gasteiger partial charge >= 0.3 is 5.97 Å². The molecular formula is C18H22N2O4. The zero-order chi connectivity index (χ0) is 17.3. The molecule has 0 aromatic heterocycles. The Bertz CT molecular complexity index is 655. The molecule has 3 rings (SSSR count). The summed E-state index contributed by atoms with van der Waals surface area (Å²) in [6, 6.07) is 8.01. The van der Waals surface area contributed by atoms with E-state index in [-0.39, 0.29) is 30.7 Å². The minimum absolute atomic E-state index is 0.0112. The molecule has 0 spiro atoms. The van der Waals surface area contributed by atoms with E-state index in [1.54, 1.807) is 9.80 Å². The molecule has 2 aliphatic heterocycles. The Labute approximate surface area is 141 Å². The quantitative estimate of drug-likeness (QED) is 0.902. The third-order valence-corrected chi connectivity index (χ3v) is 4.91. The van der Waals surface area contributed by atoms with Crippen LogP contribution in [0.25, 0.3) is 0 Å². The van der Waals surface area contributed by atoms with E-state index in [2.05, 4.69) is 0 Å². The summed E-state index contributed by atoms with van der Waals surface area (Å²) in [6.45, 7) is 3.68. The van der Waals surface area contributed by atoms with Crippen molar-refractivity contribution in [2.45, 2.75) is 26.3 Å². The van der Waals surface area contributed by atoms with Gasteiger partial charge in [0.25, 0.3) is 0 Å². The molecule has 2 fully saturated rings. The van der Waals surface area contributed by atoms with Gasteiger partial charge in [-0.15, -0.1) is 0 Å². The van der Waals surface area contributed by atoms with Gasteiger partial charge in [-0.25, -0.2) is 0 Å². The number of nitrogens with zero attached hydrogens (tertiary/aromatic N) is 2. The van der Waals surface area contributed by atoms with Crippen molar-refractivity contribution < 1.29 is 19.5 Å². The fourth-order valence-corrected chi connectivity index (χ4v) is 3.42. The number of carboxylic acid groups (broad SMARTS) is 1. The Morgan fingerprint density at radius 1 is 1.17 bits per heavy atom. The Balaban J connectivity index is 1.59. The van der Waals surface area contributed by atoms with E-state index in [1.807, 2.05) is 31.2 Å². The zero-order valence-electron chi connectivity index (χ0n) is 13.8. The maximum Gasteiger partial charge on any atom is 0.308 e. The van der Waals surface area contributed by atoms with Gasteiger partial charge in [0.05, 0.1) is 11.8 Å². The number of aliphatic carboxylic acids is 1. The van der Waals surface area contributed by atoms with Crippen molar-refractivity contribution in [3.05, 3.63) is 35.4 Å². The summed E-state index contributed by atoms with van der Waals surface area (Å²) in [5, 5.41) is 9.05. The first-order chi connectivity index (χ1) is 11.4. The monoisotopic (exact) mass is 330 g/mol. The first-order valence-corrected chi connectivity index (χ1v) is 8.29. The predicted octanol–water partition coefficient (Wildman–Crippen LogP) is 1.28. The average molecular weight is 330 g/mol. The first kappa shape index (κ1) is 16.5. The van der Waals surface area contributed by atoms with E-state index in [0.717, 1.165) is 5.56 Å². The summed E-state index contributed by atoms with van der Waals surface area (Å²) >= 11 is 0. The highest BCUT2D eigenvalue weighted by molar-refractivity contribution is 5.89. The lowest BCUT2D eigenvalue weighted by Gasteiger charge is -2.21. The van der Waals surface area contributed by atoms with Crippen LogP contribution in [0.3, 0.4) is 0 Å². The number of rotatable bonds is 4. The summed E-state index contributed by atoms with van der Waals surface area (Å²) in [7, 11) is 0. The van der Waals surface area contributed by atoms with E-state index >= 15 is 0 Å². The summed E-state index contributed by atoms with van der Waals surface area (Å²) in [5.74, 6) is -1.78. The number of aryl methyl sites for hydroxylation is 1. The highest BCUT2D eigenvalue weighted by Crippen LogP contribution is 2.25. The number of benzene rings is 1. The molecular weight excluding hydrogens is 308 g/mol. The molecule has 0 saturated carbocycles. The maximum absolute atomic E-state index is 12.6. The van der Waals surface area contributed by atoms with Gasteiger partial charge in [-0.3, -0.25) is 14.4 Å². The van der Waals surface area contributed by atoms with Crippen LogP contribution in [0.2, 0.25) is 0 Å². The highest BCUT2D eigenvalue weighted by atomic mass is 16.4. The lowest BCUT2D eigenvalue weighted by molar-refractivity contribution is -0.141. The molecule has 128 valence electrons. The molecule has 1 aromatic carbocycles. The van der Waals surface area contributed by atoms with Gasteiger partial charge in [0.1, 0.15) is 0 Å². The second-order valence-electron chi connectivity index (χ2n) is 6.77. The van der Waals surface area contributed by atoms with Crippen LogP contribution in [0.15, 0.2) is 24.3 Å². The van der Waals surface area contributed by atoms with Crippen molar-refractivity contribution in [3.8, 4) is 0 Å². The Kier molecular flexibility index (Phi) is 4.55. The largest absolute Gasteiger partial charge is 0.481 e. The molecule has 2 amide bonds. The van der Waals surface area contributed by atoms with Crippen LogP contribution < -0.4 is 0 Å². The summed E-state index contributed by atoms with van der Waals surface area (Å²) in [6.07, 6.45) is 0.716. The number of carboxylic acids is 1. The fourth-order valence-electron chi connectivity index (χ4n) is 3.42. The molecule has 24 heavy (non-hydrogen) atoms. The zero-order valence-corrected chi connectivity index (χ0v) is 13.8. The van der Waals surface area contributed by atoms with Crippen molar-refractivity contribution in [1.29, 1.82) is 0 Å². The van der Waals surface area contributed by atoms with Crippen LogP contribution in [0.1, 0.15) is 24.0 Å². The van der Waals surface area contributed by atoms with Crippen molar-refractivity contribution in [2.75, 3.05) is 19.6 Å². The lowest BCUT2D eigenvalue weighted by Crippen LogP contribution is -2.36. The van der Waals surface area contributed by atoms with Gasteiger partial charge in [-0.1, -0.05) is 29.8 Å². The predicted molar refractivity (Wildman–Crippen MR) is 87.0 cm³/mol. The molecule has 0 aliphatic carbocycles. The van der Waals surface area contributed by atoms with Gasteiger partial charge in [-0.2, -0.15) is 0 Å². The van der Waals surface area contributed by atoms with Crippen LogP contribution in [-0.2, 0) is 20.9 Å². The highest BCUT2D eigenvalue weighted by Gasteiger charge is 2.39. The van der Waals surface area contributed by atoms with Crippen LogP contribution in [0.4, 0.5) is 0 Å². The maximum atomic E-state index is 12.6. The summed E-state index contributed by atoms with van der Waals surface area (Å²) in [4.78, 5) is 39.1. The SMILES string of the molecule is Cc1ccc(CN2CC(C(=O)N3CCC(C(=O)O)C3)CC2=O)cc1. The molecule has 2 saturated heterocycles. The van der Waals surface area contributed by atoms with Gasteiger partial charge in [0.15, 0.2) is 0 Å². The van der Waals surface area contributed by atoms with Crippen LogP contribution >= 0.6 is 0 Å². The molecule has 6 heteroatoms. The Morgan fingerprint density at radius 2 is 1.88 bits per heavy atom. The Hall–Kier alpha value is -2.37. The van der Waals surface area contributed by atoms with Gasteiger partial charge in [0.2, 0.25) is 11.8 Å². The number of carbonyl (C=O) groups excluding carboxylic acids is 2. The number of hydrogen-bond donors (Lipinski definition) is 1. The van der Waals surface area contributed by atoms with Gasteiger partial charge in [0, 0.05) is 32.6 Å². The Morgan fingerprint density at radius 3 is 2.50 bits per heavy atom. The van der Waals surface area contributed by atoms with E-state index in [0.29, 0.717) is 26.1 Å². The molecule has 1 aromatic rings. The van der Waals surface area contributed by atoms with Gasteiger partial charge < -0.3 is 14.9 Å². The molecule has 1 N–H and O–H groups in total. The topological polar surface area (TPSA) is 77.9 Å². The number of carbonyl (C=O) groups is 3. The van der Waals surface area contributed by atoms with Crippen LogP contribution in [0, 0.1) is 18.8 Å². The fraction of sp³-hybridized carbons (Fsp3) is 0.500. The van der Waals surface area contributed by atoms with Crippen molar-refractivity contribution in [1.82, 2.24) is 9.80 Å². The molecule has 2 atom stereocenters. The number of hydrogen-bond acceptors (Lipinski definition) is 3. The molecule has 2 unspecified atom stereocenters. The second-order valence-corrected chi connectivity index (χ2v) is 6.77. The molecule has 0 bridgehead atoms.